The van der Waals surface area contributed by atoms with Crippen molar-refractivity contribution >= 4 is 17.6 Å². The van der Waals surface area contributed by atoms with Crippen molar-refractivity contribution in [2.75, 3.05) is 6.61 Å². The number of esters is 1. The Balaban J connectivity index is 2.79. The molecule has 0 saturated carbocycles. The summed E-state index contributed by atoms with van der Waals surface area (Å²) in [4.78, 5) is 11.1. The van der Waals surface area contributed by atoms with Gasteiger partial charge in [0.2, 0.25) is 5.76 Å². The van der Waals surface area contributed by atoms with Crippen molar-refractivity contribution in [1.29, 1.82) is 0 Å². The third-order valence-electron chi connectivity index (χ3n) is 1.35. The van der Waals surface area contributed by atoms with Crippen molar-refractivity contribution in [3.63, 3.8) is 0 Å². The Morgan fingerprint density at radius 1 is 1.75 bits per heavy atom. The van der Waals surface area contributed by atoms with Gasteiger partial charge in [-0.25, -0.2) is 4.79 Å². The molecule has 0 unspecified atom stereocenters. The van der Waals surface area contributed by atoms with Crippen LogP contribution in [0.5, 0.6) is 0 Å². The van der Waals surface area contributed by atoms with E-state index in [1.165, 1.54) is 6.26 Å². The molecule has 1 aromatic heterocycles. The smallest absolute Gasteiger partial charge is 0.374 e. The first-order chi connectivity index (χ1) is 5.79. The number of rotatable bonds is 3. The third-order valence-corrected chi connectivity index (χ3v) is 1.64. The first-order valence-corrected chi connectivity index (χ1v) is 4.12. The number of hydrogen-bond donors (Lipinski definition) is 0. The number of carbonyl (C=O) groups is 1. The van der Waals surface area contributed by atoms with E-state index in [9.17, 15) is 4.79 Å². The molecule has 1 aromatic rings. The molecule has 0 atom stereocenters. The van der Waals surface area contributed by atoms with E-state index in [0.29, 0.717) is 12.2 Å². The molecule has 0 aliphatic carbocycles. The van der Waals surface area contributed by atoms with E-state index < -0.39 is 5.97 Å². The molecule has 0 bridgehead atoms. The van der Waals surface area contributed by atoms with Gasteiger partial charge in [0.1, 0.15) is 0 Å². The lowest BCUT2D eigenvalue weighted by Gasteiger charge is -1.98. The maximum absolute atomic E-state index is 11.1. The second-order valence-corrected chi connectivity index (χ2v) is 2.40. The highest BCUT2D eigenvalue weighted by molar-refractivity contribution is 6.17. The Morgan fingerprint density at radius 2 is 2.50 bits per heavy atom. The number of alkyl halides is 1. The van der Waals surface area contributed by atoms with Crippen molar-refractivity contribution in [3.8, 4) is 0 Å². The van der Waals surface area contributed by atoms with E-state index in [4.69, 9.17) is 20.8 Å². The first-order valence-electron chi connectivity index (χ1n) is 3.59. The van der Waals surface area contributed by atoms with Gasteiger partial charge >= 0.3 is 5.97 Å². The van der Waals surface area contributed by atoms with Crippen LogP contribution in [0.25, 0.3) is 0 Å². The summed E-state index contributed by atoms with van der Waals surface area (Å²) in [6.45, 7) is 2.07. The van der Waals surface area contributed by atoms with Gasteiger partial charge in [-0.05, 0) is 13.0 Å². The quantitative estimate of drug-likeness (QED) is 0.539. The number of halogens is 1. The fourth-order valence-electron chi connectivity index (χ4n) is 0.817. The standard InChI is InChI=1S/C8H9ClO3/c1-2-11-8(10)7-6(5-9)3-4-12-7/h3-4H,2,5H2,1H3. The van der Waals surface area contributed by atoms with Crippen LogP contribution >= 0.6 is 11.6 Å². The second-order valence-electron chi connectivity index (χ2n) is 2.13. The number of furan rings is 1. The van der Waals surface area contributed by atoms with Crippen LogP contribution in [-0.4, -0.2) is 12.6 Å². The predicted molar refractivity (Wildman–Crippen MR) is 44.2 cm³/mol. The van der Waals surface area contributed by atoms with Crippen LogP contribution < -0.4 is 0 Å². The van der Waals surface area contributed by atoms with Gasteiger partial charge in [0.25, 0.3) is 0 Å². The fourth-order valence-corrected chi connectivity index (χ4v) is 1.03. The third kappa shape index (κ3) is 1.80. The minimum Gasteiger partial charge on any atom is -0.460 e. The molecule has 0 aliphatic heterocycles. The van der Waals surface area contributed by atoms with Gasteiger partial charge in [0, 0.05) is 5.56 Å². The van der Waals surface area contributed by atoms with Gasteiger partial charge in [0.15, 0.2) is 0 Å². The van der Waals surface area contributed by atoms with Crippen molar-refractivity contribution in [3.05, 3.63) is 23.7 Å². The Morgan fingerprint density at radius 3 is 3.08 bits per heavy atom. The molecule has 12 heavy (non-hydrogen) atoms. The topological polar surface area (TPSA) is 39.4 Å². The second kappa shape index (κ2) is 4.16. The van der Waals surface area contributed by atoms with Crippen molar-refractivity contribution in [2.45, 2.75) is 12.8 Å². The van der Waals surface area contributed by atoms with Crippen LogP contribution in [0.2, 0.25) is 0 Å². The molecule has 0 fully saturated rings. The Hall–Kier alpha value is -0.960. The summed E-state index contributed by atoms with van der Waals surface area (Å²) in [5.74, 6) is -0.00465. The van der Waals surface area contributed by atoms with Gasteiger partial charge in [-0.15, -0.1) is 11.6 Å². The molecule has 0 aliphatic rings. The van der Waals surface area contributed by atoms with E-state index in [2.05, 4.69) is 0 Å². The molecule has 0 aromatic carbocycles. The van der Waals surface area contributed by atoms with Crippen LogP contribution in [0, 0.1) is 0 Å². The van der Waals surface area contributed by atoms with Crippen molar-refractivity contribution in [1.82, 2.24) is 0 Å². The molecule has 1 rings (SSSR count). The van der Waals surface area contributed by atoms with E-state index >= 15 is 0 Å². The van der Waals surface area contributed by atoms with Crippen LogP contribution in [-0.2, 0) is 10.6 Å². The molecular weight excluding hydrogens is 180 g/mol. The summed E-state index contributed by atoms with van der Waals surface area (Å²) in [5, 5.41) is 0. The minimum absolute atomic E-state index is 0.201. The molecule has 1 heterocycles. The summed E-state index contributed by atoms with van der Waals surface area (Å²) in [5.41, 5.74) is 0.662. The maximum Gasteiger partial charge on any atom is 0.374 e. The van der Waals surface area contributed by atoms with E-state index in [1.54, 1.807) is 13.0 Å². The molecular formula is C8H9ClO3. The van der Waals surface area contributed by atoms with Gasteiger partial charge in [-0.3, -0.25) is 0 Å². The van der Waals surface area contributed by atoms with Gasteiger partial charge < -0.3 is 9.15 Å². The summed E-state index contributed by atoms with van der Waals surface area (Å²) in [6, 6.07) is 1.65. The highest BCUT2D eigenvalue weighted by atomic mass is 35.5. The lowest BCUT2D eigenvalue weighted by atomic mass is 10.3. The van der Waals surface area contributed by atoms with Crippen LogP contribution in [0.15, 0.2) is 16.7 Å². The van der Waals surface area contributed by atoms with Crippen LogP contribution in [0.3, 0.4) is 0 Å². The molecule has 3 nitrogen and oxygen atoms in total. The Bertz CT molecular complexity index is 267. The summed E-state index contributed by atoms with van der Waals surface area (Å²) < 4.78 is 9.65. The summed E-state index contributed by atoms with van der Waals surface area (Å²) in [7, 11) is 0. The number of ether oxygens (including phenoxy) is 1. The number of carbonyl (C=O) groups excluding carboxylic acids is 1. The van der Waals surface area contributed by atoms with Crippen molar-refractivity contribution < 1.29 is 13.9 Å². The minimum atomic E-state index is -0.460. The average molecular weight is 189 g/mol. The predicted octanol–water partition coefficient (Wildman–Crippen LogP) is 2.20. The van der Waals surface area contributed by atoms with Gasteiger partial charge in [0.05, 0.1) is 18.8 Å². The van der Waals surface area contributed by atoms with Gasteiger partial charge in [-0.2, -0.15) is 0 Å². The zero-order chi connectivity index (χ0) is 8.97. The maximum atomic E-state index is 11.1. The van der Waals surface area contributed by atoms with Crippen molar-refractivity contribution in [2.24, 2.45) is 0 Å². The Labute approximate surface area is 75.3 Å². The molecule has 66 valence electrons. The SMILES string of the molecule is CCOC(=O)c1occc1CCl. The van der Waals surface area contributed by atoms with Gasteiger partial charge in [-0.1, -0.05) is 0 Å². The highest BCUT2D eigenvalue weighted by Gasteiger charge is 2.14. The molecule has 0 amide bonds. The fraction of sp³-hybridized carbons (Fsp3) is 0.375. The van der Waals surface area contributed by atoms with E-state index in [1.807, 2.05) is 0 Å². The lowest BCUT2D eigenvalue weighted by Crippen LogP contribution is -2.05. The molecule has 0 N–H and O–H groups in total. The highest BCUT2D eigenvalue weighted by Crippen LogP contribution is 2.13. The van der Waals surface area contributed by atoms with Crippen LogP contribution in [0.4, 0.5) is 0 Å². The molecule has 0 radical (unpaired) electrons. The van der Waals surface area contributed by atoms with Crippen LogP contribution in [0.1, 0.15) is 23.0 Å². The van der Waals surface area contributed by atoms with E-state index in [0.717, 1.165) is 0 Å². The molecule has 4 heteroatoms. The number of hydrogen-bond acceptors (Lipinski definition) is 3. The summed E-state index contributed by atoms with van der Waals surface area (Å²) >= 11 is 5.55. The Kier molecular flexibility index (Phi) is 3.17. The molecule has 0 saturated heterocycles. The largest absolute Gasteiger partial charge is 0.460 e. The monoisotopic (exact) mass is 188 g/mol. The summed E-state index contributed by atoms with van der Waals surface area (Å²) in [6.07, 6.45) is 1.42. The van der Waals surface area contributed by atoms with E-state index in [-0.39, 0.29) is 11.6 Å². The normalized spacial score (nSPS) is 9.83. The first kappa shape index (κ1) is 9.13. The average Bonchev–Trinajstić information content (AvgIpc) is 2.51. The zero-order valence-corrected chi connectivity index (χ0v) is 7.43. The lowest BCUT2D eigenvalue weighted by molar-refractivity contribution is 0.0489. The zero-order valence-electron chi connectivity index (χ0n) is 6.67. The molecule has 0 spiro atoms.